The summed E-state index contributed by atoms with van der Waals surface area (Å²) in [6.07, 6.45) is 1.70. The molecule has 4 aliphatic heterocycles. The Labute approximate surface area is 311 Å². The topological polar surface area (TPSA) is 134 Å². The minimum atomic E-state index is -1.88. The number of likely N-dealkylation sites (N-methyl/N-ethyl adjacent to an activating group) is 4. The summed E-state index contributed by atoms with van der Waals surface area (Å²) < 4.78 is 8.01. The lowest BCUT2D eigenvalue weighted by atomic mass is 9.80. The molecule has 2 aromatic carbocycles. The van der Waals surface area contributed by atoms with Gasteiger partial charge >= 0.3 is 23.4 Å². The van der Waals surface area contributed by atoms with Gasteiger partial charge in [0.15, 0.2) is 9.74 Å². The van der Waals surface area contributed by atoms with E-state index in [1.807, 2.05) is 48.5 Å². The third kappa shape index (κ3) is 4.24. The van der Waals surface area contributed by atoms with E-state index in [2.05, 4.69) is 0 Å². The molecule has 2 unspecified atom stereocenters. The molecule has 4 amide bonds. The Kier molecular flexibility index (Phi) is 8.45. The Morgan fingerprint density at radius 3 is 1.08 bits per heavy atom. The third-order valence-corrected chi connectivity index (χ3v) is 14.4. The minimum absolute atomic E-state index is 0.135. The highest BCUT2D eigenvalue weighted by Crippen LogP contribution is 2.63. The molecule has 0 aromatic heterocycles. The number of benzene rings is 2. The van der Waals surface area contributed by atoms with E-state index < -0.39 is 66.3 Å². The zero-order valence-electron chi connectivity index (χ0n) is 28.3. The number of hydrogen-bond donors (Lipinski definition) is 4. The van der Waals surface area contributed by atoms with Crippen LogP contribution in [0.2, 0.25) is 0 Å². The number of aryl methyl sites for hydroxylation is 2. The highest BCUT2D eigenvalue weighted by molar-refractivity contribution is 7.87. The second-order valence-electron chi connectivity index (χ2n) is 13.5. The van der Waals surface area contributed by atoms with Gasteiger partial charge in [0.2, 0.25) is 11.8 Å². The second kappa shape index (κ2) is 11.6. The Morgan fingerprint density at radius 1 is 0.520 bits per heavy atom. The van der Waals surface area contributed by atoms with Crippen LogP contribution in [0.3, 0.4) is 0 Å². The number of likely N-dealkylation sites (tertiary alicyclic amines) is 4. The summed E-state index contributed by atoms with van der Waals surface area (Å²) in [5, 5.41) is 0. The van der Waals surface area contributed by atoms with Crippen LogP contribution in [0.25, 0.3) is 0 Å². The number of ether oxygens (including phenoxy) is 2. The van der Waals surface area contributed by atoms with E-state index in [0.717, 1.165) is 32.1 Å². The maximum atomic E-state index is 13.6. The molecule has 4 saturated heterocycles. The quantitative estimate of drug-likeness (QED) is 0.172. The summed E-state index contributed by atoms with van der Waals surface area (Å²) in [6.45, 7) is 2.36. The van der Waals surface area contributed by atoms with Gasteiger partial charge in [0.1, 0.15) is 9.49 Å². The number of nitrogens with zero attached hydrogens (tertiary/aromatic N) is 4. The van der Waals surface area contributed by atoms with Crippen LogP contribution in [0.1, 0.15) is 36.1 Å². The van der Waals surface area contributed by atoms with Gasteiger partial charge in [0.05, 0.1) is 0 Å². The third-order valence-electron chi connectivity index (χ3n) is 10.8. The lowest BCUT2D eigenvalue weighted by Gasteiger charge is -2.59. The van der Waals surface area contributed by atoms with Crippen LogP contribution < -0.4 is 0 Å². The number of fused-ring (bicyclic) bond motifs is 2. The van der Waals surface area contributed by atoms with Gasteiger partial charge in [-0.3, -0.25) is 38.6 Å². The molecule has 0 aliphatic carbocycles. The smallest absolute Gasteiger partial charge is 0.305 e. The number of carbonyl (C=O) groups is 6. The van der Waals surface area contributed by atoms with Crippen LogP contribution in [-0.4, -0.2) is 114 Å². The van der Waals surface area contributed by atoms with Gasteiger partial charge < -0.3 is 19.3 Å². The molecule has 6 atom stereocenters. The van der Waals surface area contributed by atoms with Crippen molar-refractivity contribution in [3.8, 4) is 0 Å². The molecule has 266 valence electrons. The fourth-order valence-electron chi connectivity index (χ4n) is 8.11. The summed E-state index contributed by atoms with van der Waals surface area (Å²) in [4.78, 5) is 79.0. The van der Waals surface area contributed by atoms with E-state index >= 15 is 0 Å². The molecule has 16 heteroatoms. The van der Waals surface area contributed by atoms with Gasteiger partial charge in [-0.1, -0.05) is 48.5 Å². The van der Waals surface area contributed by atoms with Gasteiger partial charge in [-0.2, -0.15) is 25.3 Å². The van der Waals surface area contributed by atoms with E-state index in [1.165, 1.54) is 51.8 Å². The number of esters is 2. The lowest BCUT2D eigenvalue weighted by molar-refractivity contribution is -0.230. The molecule has 0 spiro atoms. The van der Waals surface area contributed by atoms with Crippen LogP contribution in [0, 0.1) is 0 Å². The van der Waals surface area contributed by atoms with Gasteiger partial charge in [-0.15, -0.1) is 25.3 Å². The summed E-state index contributed by atoms with van der Waals surface area (Å²) in [5.74, 6) is -3.45. The van der Waals surface area contributed by atoms with Gasteiger partial charge in [0, 0.05) is 42.0 Å². The Bertz CT molecular complexity index is 1730. The van der Waals surface area contributed by atoms with Crippen molar-refractivity contribution in [2.24, 2.45) is 0 Å². The number of amides is 4. The van der Waals surface area contributed by atoms with E-state index in [0.29, 0.717) is 12.8 Å². The van der Waals surface area contributed by atoms with Crippen molar-refractivity contribution in [2.45, 2.75) is 70.2 Å². The molecule has 4 fully saturated rings. The largest absolute Gasteiger partial charge is 0.425 e. The first-order valence-electron chi connectivity index (χ1n) is 15.8. The average molecular weight is 759 g/mol. The molecule has 4 aliphatic rings. The summed E-state index contributed by atoms with van der Waals surface area (Å²) in [7, 11) is 5.85. The molecule has 12 nitrogen and oxygen atoms in total. The standard InChI is InChI=1S/C34H38N4O8S4/c1-19(39)45-31-27(43)37(5)33(31,49)29(47,25(41)35(31)3)17-23-13-9-21(10-14-23)7-8-22-11-15-24(16-12-22)18-30(48)26(42)36(4)32(46-20(2)40)28(44)38(6)34(30,32)50/h9-16,47-50H,7-8,17-18H2,1-6H3/t29-,30-,31-,32-,33?,34?/m0/s1. The summed E-state index contributed by atoms with van der Waals surface area (Å²) in [5.41, 5.74) is -0.0657. The van der Waals surface area contributed by atoms with E-state index in [9.17, 15) is 28.8 Å². The van der Waals surface area contributed by atoms with Crippen molar-refractivity contribution in [3.63, 3.8) is 0 Å². The van der Waals surface area contributed by atoms with Crippen molar-refractivity contribution in [3.05, 3.63) is 70.8 Å². The van der Waals surface area contributed by atoms with Crippen molar-refractivity contribution in [1.29, 1.82) is 0 Å². The molecule has 6 rings (SSSR count). The minimum Gasteiger partial charge on any atom is -0.425 e. The monoisotopic (exact) mass is 758 g/mol. The molecule has 0 N–H and O–H groups in total. The van der Waals surface area contributed by atoms with E-state index in [-0.39, 0.29) is 12.8 Å². The van der Waals surface area contributed by atoms with Crippen molar-refractivity contribution >= 4 is 86.1 Å². The maximum Gasteiger partial charge on any atom is 0.305 e. The highest BCUT2D eigenvalue weighted by atomic mass is 32.1. The van der Waals surface area contributed by atoms with E-state index in [4.69, 9.17) is 60.0 Å². The Balaban J connectivity index is 1.13. The SMILES string of the molecule is CC(=O)O[C@@]12C(=O)N(C)C1(S)[C@](S)(Cc1ccc(CCc3ccc(C[C@]4(S)C(=O)N(C)[C@]5(OC(C)=O)C(=O)N(C)C54S)cc3)cc1)C(=O)N2C. The number of thiol groups is 4. The molecule has 0 saturated carbocycles. The van der Waals surface area contributed by atoms with Crippen LogP contribution in [0.15, 0.2) is 48.5 Å². The molecule has 4 heterocycles. The van der Waals surface area contributed by atoms with Gasteiger partial charge in [-0.25, -0.2) is 0 Å². The first kappa shape index (κ1) is 36.5. The fourth-order valence-corrected chi connectivity index (χ4v) is 10.5. The molecule has 50 heavy (non-hydrogen) atoms. The first-order valence-corrected chi connectivity index (χ1v) is 17.6. The van der Waals surface area contributed by atoms with Gasteiger partial charge in [0.25, 0.3) is 11.8 Å². The highest BCUT2D eigenvalue weighted by Gasteiger charge is 2.89. The molecule has 0 bridgehead atoms. The fraction of sp³-hybridized carbons (Fsp3) is 0.471. The Morgan fingerprint density at radius 2 is 0.800 bits per heavy atom. The zero-order valence-corrected chi connectivity index (χ0v) is 31.9. The van der Waals surface area contributed by atoms with Crippen LogP contribution in [-0.2, 0) is 63.9 Å². The molecule has 0 radical (unpaired) electrons. The van der Waals surface area contributed by atoms with Crippen molar-refractivity contribution in [2.75, 3.05) is 28.2 Å². The second-order valence-corrected chi connectivity index (χ2v) is 16.3. The Hall–Kier alpha value is -3.34. The van der Waals surface area contributed by atoms with Crippen LogP contribution in [0.5, 0.6) is 0 Å². The average Bonchev–Trinajstić information content (AvgIpc) is 3.26. The summed E-state index contributed by atoms with van der Waals surface area (Å²) >= 11 is 19.2. The summed E-state index contributed by atoms with van der Waals surface area (Å²) in [6, 6.07) is 15.5. The predicted molar refractivity (Wildman–Crippen MR) is 195 cm³/mol. The molecule has 2 aromatic rings. The number of rotatable bonds is 9. The predicted octanol–water partition coefficient (Wildman–Crippen LogP) is 1.55. The van der Waals surface area contributed by atoms with Crippen LogP contribution >= 0.6 is 50.5 Å². The number of β-lactam (4-membered cyclic amide) rings is 2. The molecular formula is C34H38N4O8S4. The normalized spacial score (nSPS) is 34.4. The number of hydrogen-bond acceptors (Lipinski definition) is 12. The van der Waals surface area contributed by atoms with E-state index in [1.54, 1.807) is 0 Å². The maximum absolute atomic E-state index is 13.6. The van der Waals surface area contributed by atoms with Crippen LogP contribution in [0.4, 0.5) is 0 Å². The van der Waals surface area contributed by atoms with Crippen molar-refractivity contribution < 1.29 is 38.2 Å². The zero-order chi connectivity index (χ0) is 37.0. The van der Waals surface area contributed by atoms with Crippen molar-refractivity contribution in [1.82, 2.24) is 19.6 Å². The van der Waals surface area contributed by atoms with Gasteiger partial charge in [-0.05, 0) is 47.9 Å². The molecular weight excluding hydrogens is 721 g/mol. The number of carbonyl (C=O) groups excluding carboxylic acids is 6. The first-order chi connectivity index (χ1) is 23.2. The lowest BCUT2D eigenvalue weighted by Crippen LogP contribution is -2.85.